The Bertz CT molecular complexity index is 1140. The van der Waals surface area contributed by atoms with Crippen LogP contribution in [0.2, 0.25) is 0 Å². The molecule has 148 valence electrons. The van der Waals surface area contributed by atoms with Gasteiger partial charge in [-0.05, 0) is 56.2 Å². The van der Waals surface area contributed by atoms with E-state index in [2.05, 4.69) is 14.5 Å². The molecule has 3 heterocycles. The van der Waals surface area contributed by atoms with Gasteiger partial charge >= 0.3 is 0 Å². The molecule has 1 aliphatic heterocycles. The largest absolute Gasteiger partial charge is 0.325 e. The molecule has 8 heteroatoms. The van der Waals surface area contributed by atoms with E-state index in [1.165, 1.54) is 28.6 Å². The summed E-state index contributed by atoms with van der Waals surface area (Å²) >= 11 is 0. The number of aromatic nitrogens is 3. The minimum absolute atomic E-state index is 0.188. The molecule has 2 aromatic heterocycles. The molecule has 0 aliphatic carbocycles. The van der Waals surface area contributed by atoms with Gasteiger partial charge in [0.15, 0.2) is 0 Å². The van der Waals surface area contributed by atoms with E-state index in [0.717, 1.165) is 17.1 Å². The Kier molecular flexibility index (Phi) is 5.18. The van der Waals surface area contributed by atoms with Crippen LogP contribution in [-0.2, 0) is 10.0 Å². The number of nitriles is 1. The quantitative estimate of drug-likeness (QED) is 0.662. The van der Waals surface area contributed by atoms with Crippen molar-refractivity contribution >= 4 is 10.0 Å². The molecule has 3 aromatic rings. The molecule has 0 saturated carbocycles. The average molecular weight is 407 g/mol. The highest BCUT2D eigenvalue weighted by molar-refractivity contribution is 7.89. The van der Waals surface area contributed by atoms with Crippen LogP contribution >= 0.6 is 0 Å². The van der Waals surface area contributed by atoms with E-state index < -0.39 is 10.0 Å². The topological polar surface area (TPSA) is 91.9 Å². The van der Waals surface area contributed by atoms with Crippen molar-refractivity contribution in [3.05, 3.63) is 66.2 Å². The lowest BCUT2D eigenvalue weighted by molar-refractivity contribution is 0.273. The fourth-order valence-electron chi connectivity index (χ4n) is 3.81. The van der Waals surface area contributed by atoms with Crippen molar-refractivity contribution < 1.29 is 8.42 Å². The smallest absolute Gasteiger partial charge is 0.243 e. The molecule has 1 aromatic carbocycles. The standard InChI is InChI=1S/C21H21N5O2S/c1-16-15-24-21(18-6-10-23-11-7-18)26(16)19-8-12-25(13-9-19)29(27,28)20-4-2-17(14-22)3-5-20/h2-7,10-11,15,19H,8-9,12-13H2,1H3. The SMILES string of the molecule is Cc1cnc(-c2ccncc2)n1C1CCN(S(=O)(=O)c2ccc(C#N)cc2)CC1. The highest BCUT2D eigenvalue weighted by Crippen LogP contribution is 2.31. The first-order valence-electron chi connectivity index (χ1n) is 9.45. The van der Waals surface area contributed by atoms with Crippen LogP contribution in [0.25, 0.3) is 11.4 Å². The Morgan fingerprint density at radius 3 is 2.34 bits per heavy atom. The Hall–Kier alpha value is -3.02. The Balaban J connectivity index is 1.53. The van der Waals surface area contributed by atoms with E-state index in [9.17, 15) is 8.42 Å². The van der Waals surface area contributed by atoms with Gasteiger partial charge in [0.1, 0.15) is 5.82 Å². The minimum Gasteiger partial charge on any atom is -0.325 e. The highest BCUT2D eigenvalue weighted by Gasteiger charge is 2.31. The van der Waals surface area contributed by atoms with Gasteiger partial charge < -0.3 is 4.57 Å². The van der Waals surface area contributed by atoms with E-state index in [4.69, 9.17) is 5.26 Å². The van der Waals surface area contributed by atoms with Crippen LogP contribution in [-0.4, -0.2) is 40.3 Å². The summed E-state index contributed by atoms with van der Waals surface area (Å²) in [5.41, 5.74) is 2.51. The number of nitrogens with zero attached hydrogens (tertiary/aromatic N) is 5. The number of imidazole rings is 1. The number of benzene rings is 1. The van der Waals surface area contributed by atoms with Gasteiger partial charge in [0.25, 0.3) is 0 Å². The fraction of sp³-hybridized carbons (Fsp3) is 0.286. The van der Waals surface area contributed by atoms with Gasteiger partial charge in [0.2, 0.25) is 10.0 Å². The zero-order valence-corrected chi connectivity index (χ0v) is 16.9. The number of hydrogen-bond donors (Lipinski definition) is 0. The van der Waals surface area contributed by atoms with E-state index in [1.807, 2.05) is 31.3 Å². The second-order valence-electron chi connectivity index (χ2n) is 7.10. The molecule has 29 heavy (non-hydrogen) atoms. The Morgan fingerprint density at radius 1 is 1.07 bits per heavy atom. The first-order valence-corrected chi connectivity index (χ1v) is 10.9. The lowest BCUT2D eigenvalue weighted by atomic mass is 10.1. The molecule has 0 atom stereocenters. The predicted octanol–water partition coefficient (Wildman–Crippen LogP) is 3.15. The average Bonchev–Trinajstić information content (AvgIpc) is 3.16. The van der Waals surface area contributed by atoms with Gasteiger partial charge in [0, 0.05) is 49.0 Å². The van der Waals surface area contributed by atoms with Crippen molar-refractivity contribution in [1.82, 2.24) is 18.8 Å². The van der Waals surface area contributed by atoms with Crippen LogP contribution in [0.3, 0.4) is 0 Å². The zero-order valence-electron chi connectivity index (χ0n) is 16.1. The number of hydrogen-bond acceptors (Lipinski definition) is 5. The number of piperidine rings is 1. The summed E-state index contributed by atoms with van der Waals surface area (Å²) in [6.07, 6.45) is 6.78. The van der Waals surface area contributed by atoms with Crippen molar-refractivity contribution in [2.75, 3.05) is 13.1 Å². The fourth-order valence-corrected chi connectivity index (χ4v) is 5.28. The molecule has 0 spiro atoms. The molecule has 0 radical (unpaired) electrons. The molecular weight excluding hydrogens is 386 g/mol. The monoisotopic (exact) mass is 407 g/mol. The van der Waals surface area contributed by atoms with Crippen LogP contribution in [0.4, 0.5) is 0 Å². The summed E-state index contributed by atoms with van der Waals surface area (Å²) in [6.45, 7) is 2.92. The van der Waals surface area contributed by atoms with Gasteiger partial charge in [0.05, 0.1) is 16.5 Å². The predicted molar refractivity (Wildman–Crippen MR) is 108 cm³/mol. The number of rotatable bonds is 4. The van der Waals surface area contributed by atoms with Crippen molar-refractivity contribution in [3.8, 4) is 17.5 Å². The third-order valence-corrected chi connectivity index (χ3v) is 7.24. The van der Waals surface area contributed by atoms with Crippen molar-refractivity contribution in [1.29, 1.82) is 5.26 Å². The summed E-state index contributed by atoms with van der Waals surface area (Å²) in [6, 6.07) is 12.1. The lowest BCUT2D eigenvalue weighted by Gasteiger charge is -2.33. The van der Waals surface area contributed by atoms with Gasteiger partial charge in [-0.15, -0.1) is 0 Å². The molecule has 0 amide bonds. The maximum atomic E-state index is 13.0. The maximum Gasteiger partial charge on any atom is 0.243 e. The van der Waals surface area contributed by atoms with Gasteiger partial charge in [-0.3, -0.25) is 4.98 Å². The second-order valence-corrected chi connectivity index (χ2v) is 9.04. The van der Waals surface area contributed by atoms with Crippen LogP contribution < -0.4 is 0 Å². The molecule has 0 unspecified atom stereocenters. The lowest BCUT2D eigenvalue weighted by Crippen LogP contribution is -2.39. The van der Waals surface area contributed by atoms with Crippen LogP contribution in [0, 0.1) is 18.3 Å². The van der Waals surface area contributed by atoms with Gasteiger partial charge in [-0.1, -0.05) is 0 Å². The zero-order chi connectivity index (χ0) is 20.4. The van der Waals surface area contributed by atoms with Gasteiger partial charge in [-0.2, -0.15) is 9.57 Å². The second kappa shape index (κ2) is 7.78. The molecule has 1 fully saturated rings. The first-order chi connectivity index (χ1) is 14.0. The van der Waals surface area contributed by atoms with E-state index in [1.54, 1.807) is 12.4 Å². The van der Waals surface area contributed by atoms with Crippen LogP contribution in [0.1, 0.15) is 30.1 Å². The van der Waals surface area contributed by atoms with E-state index >= 15 is 0 Å². The third-order valence-electron chi connectivity index (χ3n) is 5.33. The summed E-state index contributed by atoms with van der Waals surface area (Å²) in [4.78, 5) is 8.87. The molecule has 1 saturated heterocycles. The number of pyridine rings is 1. The summed E-state index contributed by atoms with van der Waals surface area (Å²) < 4.78 is 29.6. The molecule has 1 aliphatic rings. The maximum absolute atomic E-state index is 13.0. The van der Waals surface area contributed by atoms with E-state index in [-0.39, 0.29) is 10.9 Å². The van der Waals surface area contributed by atoms with Crippen LogP contribution in [0.5, 0.6) is 0 Å². The number of aryl methyl sites for hydroxylation is 1. The molecule has 4 rings (SSSR count). The van der Waals surface area contributed by atoms with Gasteiger partial charge in [-0.25, -0.2) is 13.4 Å². The van der Waals surface area contributed by atoms with Crippen LogP contribution in [0.15, 0.2) is 59.9 Å². The normalized spacial score (nSPS) is 15.9. The highest BCUT2D eigenvalue weighted by atomic mass is 32.2. The Morgan fingerprint density at radius 2 is 1.72 bits per heavy atom. The van der Waals surface area contributed by atoms with Crippen molar-refractivity contribution in [2.24, 2.45) is 0 Å². The van der Waals surface area contributed by atoms with E-state index in [0.29, 0.717) is 31.5 Å². The summed E-state index contributed by atoms with van der Waals surface area (Å²) in [5, 5.41) is 8.91. The molecule has 0 N–H and O–H groups in total. The number of sulfonamides is 1. The minimum atomic E-state index is -3.56. The molecule has 7 nitrogen and oxygen atoms in total. The molecule has 0 bridgehead atoms. The summed E-state index contributed by atoms with van der Waals surface area (Å²) in [7, 11) is -3.56. The van der Waals surface area contributed by atoms with Crippen molar-refractivity contribution in [3.63, 3.8) is 0 Å². The molecular formula is C21H21N5O2S. The third kappa shape index (κ3) is 3.67. The summed E-state index contributed by atoms with van der Waals surface area (Å²) in [5.74, 6) is 0.887. The first kappa shape index (κ1) is 19.3. The van der Waals surface area contributed by atoms with Crippen molar-refractivity contribution in [2.45, 2.75) is 30.7 Å². The Labute approximate surface area is 170 Å².